The number of nitrogens with one attached hydrogen (secondary N) is 2. The first kappa shape index (κ1) is 22.8. The maximum atomic E-state index is 12.5. The highest BCUT2D eigenvalue weighted by Gasteiger charge is 2.25. The van der Waals surface area contributed by atoms with Crippen LogP contribution in [-0.4, -0.2) is 50.0 Å². The average molecular weight is 424 g/mol. The topological polar surface area (TPSA) is 70.7 Å². The zero-order valence-electron chi connectivity index (χ0n) is 18.7. The molecule has 3 rings (SSSR count). The molecule has 1 heterocycles. The van der Waals surface area contributed by atoms with Gasteiger partial charge in [0.25, 0.3) is 0 Å². The standard InChI is InChI=1S/C25H33N3O3/c1-18-14-19(2)16-22(15-18)27-24(29)17-28-12-9-21(10-13-28)25(30)26-11-8-20-4-6-23(31-3)7-5-20/h4-7,14-16,21H,8-13,17H2,1-3H3,(H,26,30)(H,27,29). The van der Waals surface area contributed by atoms with E-state index in [1.165, 1.54) is 5.56 Å². The number of hydrogen-bond acceptors (Lipinski definition) is 4. The van der Waals surface area contributed by atoms with E-state index >= 15 is 0 Å². The van der Waals surface area contributed by atoms with Gasteiger partial charge in [-0.05, 0) is 87.2 Å². The second-order valence-corrected chi connectivity index (χ2v) is 8.36. The number of ether oxygens (including phenoxy) is 1. The van der Waals surface area contributed by atoms with Crippen LogP contribution in [0.2, 0.25) is 0 Å². The molecule has 2 aromatic rings. The maximum Gasteiger partial charge on any atom is 0.238 e. The third-order valence-corrected chi connectivity index (χ3v) is 5.70. The fourth-order valence-electron chi connectivity index (χ4n) is 4.07. The second-order valence-electron chi connectivity index (χ2n) is 8.36. The number of piperidine rings is 1. The minimum Gasteiger partial charge on any atom is -0.497 e. The van der Waals surface area contributed by atoms with Crippen molar-refractivity contribution in [2.24, 2.45) is 5.92 Å². The Bertz CT molecular complexity index is 867. The minimum atomic E-state index is -0.00704. The van der Waals surface area contributed by atoms with Crippen molar-refractivity contribution in [1.29, 1.82) is 0 Å². The first-order chi connectivity index (χ1) is 14.9. The molecular weight excluding hydrogens is 390 g/mol. The van der Waals surface area contributed by atoms with Crippen molar-refractivity contribution in [1.82, 2.24) is 10.2 Å². The number of carbonyl (C=O) groups is 2. The predicted octanol–water partition coefficient (Wildman–Crippen LogP) is 3.32. The van der Waals surface area contributed by atoms with Crippen LogP contribution in [0.1, 0.15) is 29.5 Å². The molecule has 0 radical (unpaired) electrons. The molecule has 0 aliphatic carbocycles. The van der Waals surface area contributed by atoms with Crippen molar-refractivity contribution in [3.63, 3.8) is 0 Å². The summed E-state index contributed by atoms with van der Waals surface area (Å²) >= 11 is 0. The van der Waals surface area contributed by atoms with Gasteiger partial charge in [0.15, 0.2) is 0 Å². The van der Waals surface area contributed by atoms with Gasteiger partial charge in [-0.2, -0.15) is 0 Å². The number of anilines is 1. The van der Waals surface area contributed by atoms with Crippen LogP contribution in [0.5, 0.6) is 5.75 Å². The molecule has 1 aliphatic rings. The van der Waals surface area contributed by atoms with E-state index in [0.29, 0.717) is 13.1 Å². The normalized spacial score (nSPS) is 14.8. The molecule has 6 heteroatoms. The van der Waals surface area contributed by atoms with Crippen LogP contribution < -0.4 is 15.4 Å². The van der Waals surface area contributed by atoms with E-state index in [0.717, 1.165) is 54.9 Å². The van der Waals surface area contributed by atoms with Crippen LogP contribution in [0.15, 0.2) is 42.5 Å². The molecule has 0 aromatic heterocycles. The van der Waals surface area contributed by atoms with Gasteiger partial charge in [-0.1, -0.05) is 18.2 Å². The van der Waals surface area contributed by atoms with Crippen molar-refractivity contribution in [2.75, 3.05) is 38.6 Å². The van der Waals surface area contributed by atoms with Gasteiger partial charge in [0.1, 0.15) is 5.75 Å². The highest BCUT2D eigenvalue weighted by atomic mass is 16.5. The SMILES string of the molecule is COc1ccc(CCNC(=O)C2CCN(CC(=O)Nc3cc(C)cc(C)c3)CC2)cc1. The van der Waals surface area contributed by atoms with Crippen LogP contribution in [0.25, 0.3) is 0 Å². The van der Waals surface area contributed by atoms with E-state index in [1.807, 2.05) is 50.2 Å². The van der Waals surface area contributed by atoms with Crippen molar-refractivity contribution < 1.29 is 14.3 Å². The van der Waals surface area contributed by atoms with Crippen LogP contribution in [-0.2, 0) is 16.0 Å². The molecule has 1 fully saturated rings. The average Bonchev–Trinajstić information content (AvgIpc) is 2.74. The van der Waals surface area contributed by atoms with Gasteiger partial charge in [0, 0.05) is 18.2 Å². The quantitative estimate of drug-likeness (QED) is 0.683. The largest absolute Gasteiger partial charge is 0.497 e. The number of likely N-dealkylation sites (tertiary alicyclic amines) is 1. The zero-order chi connectivity index (χ0) is 22.2. The lowest BCUT2D eigenvalue weighted by atomic mass is 9.96. The summed E-state index contributed by atoms with van der Waals surface area (Å²) < 4.78 is 5.16. The summed E-state index contributed by atoms with van der Waals surface area (Å²) in [6, 6.07) is 14.0. The van der Waals surface area contributed by atoms with Crippen molar-refractivity contribution in [3.05, 3.63) is 59.2 Å². The fourth-order valence-corrected chi connectivity index (χ4v) is 4.07. The minimum absolute atomic E-state index is 0.00704. The molecule has 1 aliphatic heterocycles. The summed E-state index contributed by atoms with van der Waals surface area (Å²) in [6.45, 7) is 6.56. The molecule has 1 saturated heterocycles. The summed E-state index contributed by atoms with van der Waals surface area (Å²) in [6.07, 6.45) is 2.36. The van der Waals surface area contributed by atoms with E-state index in [-0.39, 0.29) is 17.7 Å². The van der Waals surface area contributed by atoms with Gasteiger partial charge in [0.2, 0.25) is 11.8 Å². The van der Waals surface area contributed by atoms with Crippen molar-refractivity contribution >= 4 is 17.5 Å². The van der Waals surface area contributed by atoms with Crippen LogP contribution >= 0.6 is 0 Å². The monoisotopic (exact) mass is 423 g/mol. The number of carbonyl (C=O) groups excluding carboxylic acids is 2. The number of benzene rings is 2. The lowest BCUT2D eigenvalue weighted by Crippen LogP contribution is -2.43. The Morgan fingerprint density at radius 2 is 1.68 bits per heavy atom. The molecule has 31 heavy (non-hydrogen) atoms. The lowest BCUT2D eigenvalue weighted by molar-refractivity contribution is -0.126. The summed E-state index contributed by atoms with van der Waals surface area (Å²) in [5.41, 5.74) is 4.28. The number of methoxy groups -OCH3 is 1. The van der Waals surface area contributed by atoms with E-state index in [1.54, 1.807) is 7.11 Å². The molecule has 0 spiro atoms. The Balaban J connectivity index is 1.36. The molecule has 2 amide bonds. The molecule has 2 N–H and O–H groups in total. The summed E-state index contributed by atoms with van der Waals surface area (Å²) in [5.74, 6) is 0.970. The Labute approximate surface area is 185 Å². The summed E-state index contributed by atoms with van der Waals surface area (Å²) in [5, 5.41) is 6.05. The second kappa shape index (κ2) is 11.0. The summed E-state index contributed by atoms with van der Waals surface area (Å²) in [4.78, 5) is 27.0. The first-order valence-electron chi connectivity index (χ1n) is 10.9. The Morgan fingerprint density at radius 3 is 2.29 bits per heavy atom. The van der Waals surface area contributed by atoms with Gasteiger partial charge in [-0.25, -0.2) is 0 Å². The Morgan fingerprint density at radius 1 is 1.03 bits per heavy atom. The van der Waals surface area contributed by atoms with E-state index < -0.39 is 0 Å². The molecule has 166 valence electrons. The molecule has 0 bridgehead atoms. The van der Waals surface area contributed by atoms with E-state index in [4.69, 9.17) is 4.74 Å². The molecule has 6 nitrogen and oxygen atoms in total. The van der Waals surface area contributed by atoms with Crippen molar-refractivity contribution in [3.8, 4) is 5.75 Å². The Hall–Kier alpha value is -2.86. The third-order valence-electron chi connectivity index (χ3n) is 5.70. The van der Waals surface area contributed by atoms with Gasteiger partial charge in [-0.3, -0.25) is 14.5 Å². The van der Waals surface area contributed by atoms with Gasteiger partial charge >= 0.3 is 0 Å². The smallest absolute Gasteiger partial charge is 0.238 e. The number of amides is 2. The number of rotatable bonds is 8. The fraction of sp³-hybridized carbons (Fsp3) is 0.440. The Kier molecular flexibility index (Phi) is 8.06. The number of nitrogens with zero attached hydrogens (tertiary/aromatic N) is 1. The lowest BCUT2D eigenvalue weighted by Gasteiger charge is -2.30. The third kappa shape index (κ3) is 7.10. The van der Waals surface area contributed by atoms with Gasteiger partial charge in [-0.15, -0.1) is 0 Å². The highest BCUT2D eigenvalue weighted by Crippen LogP contribution is 2.18. The molecule has 0 saturated carbocycles. The van der Waals surface area contributed by atoms with Crippen LogP contribution in [0.3, 0.4) is 0 Å². The zero-order valence-corrected chi connectivity index (χ0v) is 18.7. The number of hydrogen-bond donors (Lipinski definition) is 2. The molecule has 2 aromatic carbocycles. The maximum absolute atomic E-state index is 12.5. The van der Waals surface area contributed by atoms with E-state index in [9.17, 15) is 9.59 Å². The van der Waals surface area contributed by atoms with E-state index in [2.05, 4.69) is 21.6 Å². The summed E-state index contributed by atoms with van der Waals surface area (Å²) in [7, 11) is 1.65. The molecule has 0 unspecified atom stereocenters. The molecule has 0 atom stereocenters. The van der Waals surface area contributed by atoms with Crippen LogP contribution in [0.4, 0.5) is 5.69 Å². The molecular formula is C25H33N3O3. The predicted molar refractivity (Wildman–Crippen MR) is 123 cm³/mol. The van der Waals surface area contributed by atoms with Gasteiger partial charge < -0.3 is 15.4 Å². The number of aryl methyl sites for hydroxylation is 2. The van der Waals surface area contributed by atoms with Gasteiger partial charge in [0.05, 0.1) is 13.7 Å². The van der Waals surface area contributed by atoms with Crippen LogP contribution in [0, 0.1) is 19.8 Å². The van der Waals surface area contributed by atoms with Crippen molar-refractivity contribution in [2.45, 2.75) is 33.1 Å². The first-order valence-corrected chi connectivity index (χ1v) is 10.9. The highest BCUT2D eigenvalue weighted by molar-refractivity contribution is 5.92.